The van der Waals surface area contributed by atoms with Crippen molar-refractivity contribution < 1.29 is 22.7 Å². The average molecular weight is 538 g/mol. The number of nitrogens with zero attached hydrogens (tertiary/aromatic N) is 3. The molecule has 1 aliphatic rings. The van der Waals surface area contributed by atoms with Gasteiger partial charge in [0, 0.05) is 36.1 Å². The number of halogens is 3. The number of rotatable bonds is 6. The highest BCUT2D eigenvalue weighted by Gasteiger charge is 2.31. The average Bonchev–Trinajstić information content (AvgIpc) is 3.42. The van der Waals surface area contributed by atoms with Gasteiger partial charge in [-0.3, -0.25) is 9.78 Å². The molecule has 0 spiro atoms. The van der Waals surface area contributed by atoms with Gasteiger partial charge in [0.2, 0.25) is 0 Å². The summed E-state index contributed by atoms with van der Waals surface area (Å²) >= 11 is 0. The molecule has 0 unspecified atom stereocenters. The van der Waals surface area contributed by atoms with Gasteiger partial charge in [-0.1, -0.05) is 12.1 Å². The van der Waals surface area contributed by atoms with Crippen molar-refractivity contribution in [3.05, 3.63) is 89.7 Å². The number of ether oxygens (including phenoxy) is 1. The summed E-state index contributed by atoms with van der Waals surface area (Å²) in [5, 5.41) is 6.60. The molecule has 2 aromatic heterocycles. The molecule has 39 heavy (non-hydrogen) atoms. The molecule has 0 atom stereocenters. The summed E-state index contributed by atoms with van der Waals surface area (Å²) in [6, 6.07) is 15.8. The van der Waals surface area contributed by atoms with E-state index in [4.69, 9.17) is 4.74 Å². The number of likely N-dealkylation sites (tertiary alicyclic amines) is 1. The van der Waals surface area contributed by atoms with Crippen LogP contribution in [-0.4, -0.2) is 48.0 Å². The van der Waals surface area contributed by atoms with Crippen LogP contribution in [0.15, 0.2) is 73.1 Å². The van der Waals surface area contributed by atoms with Crippen molar-refractivity contribution in [3.63, 3.8) is 0 Å². The molecule has 0 radical (unpaired) electrons. The number of hydrogen-bond acceptors (Lipinski definition) is 6. The standard InChI is InChI=1S/C24H19F3N4O2.C5H11N/c1-33-19-12-17(24(25,26)27)11-18(13-19)31-23(32)20-5-3-9-29-22(20)30-14-15-6-7-21-16(10-15)4-2-8-28-21;1-6-4-2-3-5-6/h2-13H,14H2,1H3,(H,29,30)(H,31,32);2-5H2,1H3. The van der Waals surface area contributed by atoms with Crippen LogP contribution in [0, 0.1) is 0 Å². The Hall–Kier alpha value is -4.18. The number of benzene rings is 2. The lowest BCUT2D eigenvalue weighted by Crippen LogP contribution is -2.16. The van der Waals surface area contributed by atoms with Crippen molar-refractivity contribution in [1.29, 1.82) is 0 Å². The smallest absolute Gasteiger partial charge is 0.416 e. The van der Waals surface area contributed by atoms with Crippen molar-refractivity contribution in [2.24, 2.45) is 0 Å². The van der Waals surface area contributed by atoms with E-state index >= 15 is 0 Å². The minimum atomic E-state index is -4.58. The summed E-state index contributed by atoms with van der Waals surface area (Å²) < 4.78 is 44.5. The van der Waals surface area contributed by atoms with Gasteiger partial charge < -0.3 is 20.3 Å². The van der Waals surface area contributed by atoms with Gasteiger partial charge in [-0.15, -0.1) is 0 Å². The molecule has 1 aliphatic heterocycles. The number of carbonyl (C=O) groups is 1. The molecule has 1 fully saturated rings. The molecule has 3 heterocycles. The molecule has 204 valence electrons. The first-order chi connectivity index (χ1) is 18.7. The molecule has 0 aliphatic carbocycles. The number of carbonyl (C=O) groups excluding carboxylic acids is 1. The molecule has 2 N–H and O–H groups in total. The third-order valence-corrected chi connectivity index (χ3v) is 6.24. The maximum Gasteiger partial charge on any atom is 0.416 e. The van der Waals surface area contributed by atoms with Crippen molar-refractivity contribution in [3.8, 4) is 5.75 Å². The molecule has 1 amide bonds. The summed E-state index contributed by atoms with van der Waals surface area (Å²) in [6.07, 6.45) is 1.49. The van der Waals surface area contributed by atoms with E-state index in [0.717, 1.165) is 28.6 Å². The Labute approximate surface area is 225 Å². The first-order valence-corrected chi connectivity index (χ1v) is 12.5. The van der Waals surface area contributed by atoms with Gasteiger partial charge in [0.1, 0.15) is 11.6 Å². The lowest BCUT2D eigenvalue weighted by molar-refractivity contribution is -0.137. The second kappa shape index (κ2) is 12.6. The van der Waals surface area contributed by atoms with Crippen molar-refractivity contribution in [2.75, 3.05) is 37.9 Å². The minimum absolute atomic E-state index is 0.0181. The molecule has 10 heteroatoms. The van der Waals surface area contributed by atoms with Crippen LogP contribution in [0.4, 0.5) is 24.7 Å². The quantitative estimate of drug-likeness (QED) is 0.303. The SMILES string of the molecule is CN1CCCC1.COc1cc(NC(=O)c2cccnc2NCc2ccc3ncccc3c2)cc(C(F)(F)F)c1. The van der Waals surface area contributed by atoms with E-state index in [2.05, 4.69) is 32.5 Å². The van der Waals surface area contributed by atoms with E-state index in [1.165, 1.54) is 45.3 Å². The minimum Gasteiger partial charge on any atom is -0.497 e. The Morgan fingerprint density at radius 1 is 1.00 bits per heavy atom. The molecular weight excluding hydrogens is 507 g/mol. The van der Waals surface area contributed by atoms with Gasteiger partial charge in [0.15, 0.2) is 0 Å². The highest BCUT2D eigenvalue weighted by molar-refractivity contribution is 6.07. The second-order valence-corrected chi connectivity index (χ2v) is 9.20. The van der Waals surface area contributed by atoms with Gasteiger partial charge in [0.05, 0.1) is 23.8 Å². The molecule has 2 aromatic carbocycles. The van der Waals surface area contributed by atoms with Crippen LogP contribution in [0.5, 0.6) is 5.75 Å². The number of alkyl halides is 3. The number of hydrogen-bond donors (Lipinski definition) is 2. The topological polar surface area (TPSA) is 79.4 Å². The fourth-order valence-corrected chi connectivity index (χ4v) is 4.18. The van der Waals surface area contributed by atoms with Crippen molar-refractivity contribution in [1.82, 2.24) is 14.9 Å². The Bertz CT molecular complexity index is 1420. The van der Waals surface area contributed by atoms with Crippen LogP contribution < -0.4 is 15.4 Å². The predicted octanol–water partition coefficient (Wildman–Crippen LogP) is 6.23. The van der Waals surface area contributed by atoms with Crippen LogP contribution in [0.2, 0.25) is 0 Å². The second-order valence-electron chi connectivity index (χ2n) is 9.20. The van der Waals surface area contributed by atoms with Gasteiger partial charge in [-0.2, -0.15) is 13.2 Å². The molecule has 5 rings (SSSR count). The lowest BCUT2D eigenvalue weighted by Gasteiger charge is -2.14. The highest BCUT2D eigenvalue weighted by Crippen LogP contribution is 2.34. The number of aromatic nitrogens is 2. The number of nitrogens with one attached hydrogen (secondary N) is 2. The first kappa shape index (κ1) is 27.8. The van der Waals surface area contributed by atoms with Crippen molar-refractivity contribution >= 4 is 28.3 Å². The number of fused-ring (bicyclic) bond motifs is 1. The number of pyridine rings is 2. The maximum atomic E-state index is 13.2. The summed E-state index contributed by atoms with van der Waals surface area (Å²) in [5.41, 5.74) is 1.05. The summed E-state index contributed by atoms with van der Waals surface area (Å²) in [5.74, 6) is -0.314. The van der Waals surface area contributed by atoms with E-state index in [1.807, 2.05) is 30.3 Å². The predicted molar refractivity (Wildman–Crippen MR) is 146 cm³/mol. The highest BCUT2D eigenvalue weighted by atomic mass is 19.4. The normalized spacial score (nSPS) is 13.5. The number of methoxy groups -OCH3 is 1. The van der Waals surface area contributed by atoms with E-state index in [-0.39, 0.29) is 17.0 Å². The van der Waals surface area contributed by atoms with Crippen LogP contribution in [0.3, 0.4) is 0 Å². The van der Waals surface area contributed by atoms with E-state index in [0.29, 0.717) is 12.4 Å². The van der Waals surface area contributed by atoms with Gasteiger partial charge in [-0.25, -0.2) is 4.98 Å². The zero-order valence-electron chi connectivity index (χ0n) is 21.8. The van der Waals surface area contributed by atoms with Crippen molar-refractivity contribution in [2.45, 2.75) is 25.6 Å². The Kier molecular flexibility index (Phi) is 8.98. The Morgan fingerprint density at radius 3 is 2.44 bits per heavy atom. The zero-order chi connectivity index (χ0) is 27.8. The van der Waals surface area contributed by atoms with Gasteiger partial charge in [-0.05, 0) is 81.0 Å². The fraction of sp³-hybridized carbons (Fsp3) is 0.276. The molecular formula is C29H30F3N5O2. The van der Waals surface area contributed by atoms with Crippen LogP contribution >= 0.6 is 0 Å². The van der Waals surface area contributed by atoms with Gasteiger partial charge >= 0.3 is 6.18 Å². The van der Waals surface area contributed by atoms with E-state index < -0.39 is 17.6 Å². The largest absolute Gasteiger partial charge is 0.497 e. The molecule has 0 saturated carbocycles. The number of amides is 1. The van der Waals surface area contributed by atoms with E-state index in [9.17, 15) is 18.0 Å². The number of anilines is 2. The molecule has 4 aromatic rings. The third kappa shape index (κ3) is 7.67. The summed E-state index contributed by atoms with van der Waals surface area (Å²) in [7, 11) is 3.43. The lowest BCUT2D eigenvalue weighted by atomic mass is 10.1. The molecule has 0 bridgehead atoms. The summed E-state index contributed by atoms with van der Waals surface area (Å²) in [4.78, 5) is 23.7. The first-order valence-electron chi connectivity index (χ1n) is 12.5. The Morgan fingerprint density at radius 2 is 1.74 bits per heavy atom. The van der Waals surface area contributed by atoms with Crippen LogP contribution in [0.25, 0.3) is 10.9 Å². The molecule has 7 nitrogen and oxygen atoms in total. The third-order valence-electron chi connectivity index (χ3n) is 6.24. The van der Waals surface area contributed by atoms with Crippen LogP contribution in [-0.2, 0) is 12.7 Å². The van der Waals surface area contributed by atoms with Crippen LogP contribution in [0.1, 0.15) is 34.3 Å². The molecule has 1 saturated heterocycles. The summed E-state index contributed by atoms with van der Waals surface area (Å²) in [6.45, 7) is 3.03. The zero-order valence-corrected chi connectivity index (χ0v) is 21.8. The Balaban J connectivity index is 0.000000519. The monoisotopic (exact) mass is 537 g/mol. The fourth-order valence-electron chi connectivity index (χ4n) is 4.18. The van der Waals surface area contributed by atoms with Gasteiger partial charge in [0.25, 0.3) is 5.91 Å². The van der Waals surface area contributed by atoms with E-state index in [1.54, 1.807) is 18.3 Å². The maximum absolute atomic E-state index is 13.2.